The van der Waals surface area contributed by atoms with Crippen LogP contribution in [0.3, 0.4) is 0 Å². The van der Waals surface area contributed by atoms with Crippen molar-refractivity contribution in [3.05, 3.63) is 23.8 Å². The molecule has 3 N–H and O–H groups in total. The van der Waals surface area contributed by atoms with Crippen LogP contribution >= 0.6 is 0 Å². The van der Waals surface area contributed by atoms with Gasteiger partial charge in [0.1, 0.15) is 11.3 Å². The minimum atomic E-state index is -0.203. The molecule has 1 saturated heterocycles. The number of nitrogens with zero attached hydrogens (tertiary/aromatic N) is 1. The summed E-state index contributed by atoms with van der Waals surface area (Å²) in [7, 11) is 1.53. The molecule has 0 aromatic heterocycles. The molecule has 0 spiro atoms. The lowest BCUT2D eigenvalue weighted by atomic mass is 10.1. The lowest BCUT2D eigenvalue weighted by Crippen LogP contribution is -2.46. The number of carbonyl (C=O) groups is 1. The van der Waals surface area contributed by atoms with Gasteiger partial charge in [0.15, 0.2) is 0 Å². The first-order valence-corrected chi connectivity index (χ1v) is 7.15. The Bertz CT molecular complexity index is 487. The van der Waals surface area contributed by atoms with Gasteiger partial charge in [-0.15, -0.1) is 0 Å². The summed E-state index contributed by atoms with van der Waals surface area (Å²) in [4.78, 5) is 14.7. The molecule has 0 radical (unpaired) electrons. The lowest BCUT2D eigenvalue weighted by molar-refractivity contribution is 0.0342. The number of nitrogen functional groups attached to an aromatic ring is 1. The molecule has 6 heteroatoms. The number of methoxy groups -OCH3 is 1. The Morgan fingerprint density at radius 1 is 1.48 bits per heavy atom. The van der Waals surface area contributed by atoms with E-state index < -0.39 is 0 Å². The molecule has 1 aromatic rings. The Kier molecular flexibility index (Phi) is 5.41. The highest BCUT2D eigenvalue weighted by molar-refractivity contribution is 6.02. The molecule has 1 unspecified atom stereocenters. The lowest BCUT2D eigenvalue weighted by Gasteiger charge is -2.29. The van der Waals surface area contributed by atoms with Gasteiger partial charge >= 0.3 is 0 Å². The molecule has 1 amide bonds. The third-order valence-electron chi connectivity index (χ3n) is 3.52. The first-order chi connectivity index (χ1) is 10.1. The van der Waals surface area contributed by atoms with Crippen molar-refractivity contribution in [2.24, 2.45) is 0 Å². The van der Waals surface area contributed by atoms with E-state index in [-0.39, 0.29) is 11.9 Å². The van der Waals surface area contributed by atoms with Crippen LogP contribution in [0, 0.1) is 0 Å². The molecule has 0 bridgehead atoms. The van der Waals surface area contributed by atoms with Crippen LogP contribution in [0.25, 0.3) is 0 Å². The van der Waals surface area contributed by atoms with Crippen molar-refractivity contribution in [2.75, 3.05) is 45.7 Å². The Hall–Kier alpha value is -1.79. The summed E-state index contributed by atoms with van der Waals surface area (Å²) in [5.41, 5.74) is 6.71. The summed E-state index contributed by atoms with van der Waals surface area (Å²) in [6.45, 7) is 6.08. The third kappa shape index (κ3) is 4.09. The van der Waals surface area contributed by atoms with Crippen LogP contribution in [0.15, 0.2) is 18.2 Å². The molecule has 2 rings (SSSR count). The zero-order valence-electron chi connectivity index (χ0n) is 12.6. The minimum Gasteiger partial charge on any atom is -0.496 e. The summed E-state index contributed by atoms with van der Waals surface area (Å²) in [5.74, 6) is 0.289. The standard InChI is InChI=1S/C15H23N3O3/c1-11(10-18-6-8-21-9-7-18)17-15(19)14-12(16)4-3-5-13(14)20-2/h3-5,11H,6-10,16H2,1-2H3,(H,17,19). The maximum atomic E-state index is 12.4. The predicted octanol–water partition coefficient (Wildman–Crippen LogP) is 0.728. The second-order valence-corrected chi connectivity index (χ2v) is 5.21. The van der Waals surface area contributed by atoms with Gasteiger partial charge in [0, 0.05) is 31.4 Å². The molecular formula is C15H23N3O3. The molecule has 21 heavy (non-hydrogen) atoms. The maximum Gasteiger partial charge on any atom is 0.257 e. The van der Waals surface area contributed by atoms with Gasteiger partial charge in [-0.05, 0) is 19.1 Å². The number of nitrogens with two attached hydrogens (primary N) is 1. The zero-order chi connectivity index (χ0) is 15.2. The Morgan fingerprint density at radius 2 is 2.19 bits per heavy atom. The summed E-state index contributed by atoms with van der Waals surface area (Å²) in [5, 5.41) is 2.98. The summed E-state index contributed by atoms with van der Waals surface area (Å²) in [6.07, 6.45) is 0. The van der Waals surface area contributed by atoms with Crippen molar-refractivity contribution in [1.82, 2.24) is 10.2 Å². The minimum absolute atomic E-state index is 0.0277. The van der Waals surface area contributed by atoms with Gasteiger partial charge in [0.25, 0.3) is 5.91 Å². The van der Waals surface area contributed by atoms with E-state index in [1.54, 1.807) is 18.2 Å². The third-order valence-corrected chi connectivity index (χ3v) is 3.52. The van der Waals surface area contributed by atoms with Crippen LogP contribution in [-0.2, 0) is 4.74 Å². The predicted molar refractivity (Wildman–Crippen MR) is 81.6 cm³/mol. The average Bonchev–Trinajstić information content (AvgIpc) is 2.47. The van der Waals surface area contributed by atoms with Gasteiger partial charge in [0.2, 0.25) is 0 Å². The molecule has 1 fully saturated rings. The number of hydrogen-bond donors (Lipinski definition) is 2. The quantitative estimate of drug-likeness (QED) is 0.783. The first-order valence-electron chi connectivity index (χ1n) is 7.15. The van der Waals surface area contributed by atoms with Crippen LogP contribution in [0.2, 0.25) is 0 Å². The molecule has 6 nitrogen and oxygen atoms in total. The highest BCUT2D eigenvalue weighted by Gasteiger charge is 2.19. The number of ether oxygens (including phenoxy) is 2. The number of nitrogens with one attached hydrogen (secondary N) is 1. The van der Waals surface area contributed by atoms with Crippen molar-refractivity contribution >= 4 is 11.6 Å². The monoisotopic (exact) mass is 293 g/mol. The Morgan fingerprint density at radius 3 is 2.86 bits per heavy atom. The van der Waals surface area contributed by atoms with E-state index in [1.807, 2.05) is 6.92 Å². The van der Waals surface area contributed by atoms with E-state index in [1.165, 1.54) is 7.11 Å². The van der Waals surface area contributed by atoms with Crippen molar-refractivity contribution in [1.29, 1.82) is 0 Å². The molecule has 0 aliphatic carbocycles. The zero-order valence-corrected chi connectivity index (χ0v) is 12.6. The molecule has 1 atom stereocenters. The van der Waals surface area contributed by atoms with E-state index in [0.29, 0.717) is 17.0 Å². The smallest absolute Gasteiger partial charge is 0.257 e. The maximum absolute atomic E-state index is 12.4. The van der Waals surface area contributed by atoms with Crippen molar-refractivity contribution in [2.45, 2.75) is 13.0 Å². The fourth-order valence-corrected chi connectivity index (χ4v) is 2.47. The van der Waals surface area contributed by atoms with Crippen molar-refractivity contribution in [3.63, 3.8) is 0 Å². The second-order valence-electron chi connectivity index (χ2n) is 5.21. The summed E-state index contributed by atoms with van der Waals surface area (Å²) < 4.78 is 10.5. The normalized spacial score (nSPS) is 17.2. The SMILES string of the molecule is COc1cccc(N)c1C(=O)NC(C)CN1CCOCC1. The number of carbonyl (C=O) groups excluding carboxylic acids is 1. The molecule has 1 aliphatic heterocycles. The average molecular weight is 293 g/mol. The van der Waals surface area contributed by atoms with Crippen molar-refractivity contribution < 1.29 is 14.3 Å². The number of morpholine rings is 1. The van der Waals surface area contributed by atoms with E-state index in [4.69, 9.17) is 15.2 Å². The summed E-state index contributed by atoms with van der Waals surface area (Å²) >= 11 is 0. The Balaban J connectivity index is 1.97. The van der Waals surface area contributed by atoms with Crippen molar-refractivity contribution in [3.8, 4) is 5.75 Å². The van der Waals surface area contributed by atoms with Crippen LogP contribution in [-0.4, -0.2) is 56.8 Å². The van der Waals surface area contributed by atoms with Crippen LogP contribution in [0.5, 0.6) is 5.75 Å². The molecular weight excluding hydrogens is 270 g/mol. The molecule has 1 aromatic carbocycles. The highest BCUT2D eigenvalue weighted by Crippen LogP contribution is 2.23. The largest absolute Gasteiger partial charge is 0.496 e. The molecule has 1 aliphatic rings. The fourth-order valence-electron chi connectivity index (χ4n) is 2.47. The molecule has 0 saturated carbocycles. The number of hydrogen-bond acceptors (Lipinski definition) is 5. The van der Waals surface area contributed by atoms with Crippen LogP contribution in [0.4, 0.5) is 5.69 Å². The van der Waals surface area contributed by atoms with E-state index in [0.717, 1.165) is 32.8 Å². The second kappa shape index (κ2) is 7.28. The molecule has 1 heterocycles. The number of benzene rings is 1. The summed E-state index contributed by atoms with van der Waals surface area (Å²) in [6, 6.07) is 5.23. The van der Waals surface area contributed by atoms with Crippen LogP contribution in [0.1, 0.15) is 17.3 Å². The van der Waals surface area contributed by atoms with Gasteiger partial charge in [-0.25, -0.2) is 0 Å². The van der Waals surface area contributed by atoms with Gasteiger partial charge in [-0.2, -0.15) is 0 Å². The Labute approximate surface area is 125 Å². The van der Waals surface area contributed by atoms with E-state index in [2.05, 4.69) is 10.2 Å². The van der Waals surface area contributed by atoms with E-state index in [9.17, 15) is 4.79 Å². The number of rotatable bonds is 5. The number of amides is 1. The molecule has 116 valence electrons. The van der Waals surface area contributed by atoms with Gasteiger partial charge in [-0.3, -0.25) is 9.69 Å². The first kappa shape index (κ1) is 15.6. The van der Waals surface area contributed by atoms with Crippen LogP contribution < -0.4 is 15.8 Å². The van der Waals surface area contributed by atoms with Gasteiger partial charge in [0.05, 0.1) is 20.3 Å². The van der Waals surface area contributed by atoms with Gasteiger partial charge < -0.3 is 20.5 Å². The van der Waals surface area contributed by atoms with Gasteiger partial charge in [-0.1, -0.05) is 6.07 Å². The highest BCUT2D eigenvalue weighted by atomic mass is 16.5. The fraction of sp³-hybridized carbons (Fsp3) is 0.533. The topological polar surface area (TPSA) is 76.8 Å². The van der Waals surface area contributed by atoms with E-state index >= 15 is 0 Å². The number of anilines is 1.